The van der Waals surface area contributed by atoms with Crippen LogP contribution in [-0.4, -0.2) is 43.8 Å². The second-order valence-corrected chi connectivity index (χ2v) is 11.1. The average molecular weight is 512 g/mol. The van der Waals surface area contributed by atoms with Gasteiger partial charge in [0.05, 0.1) is 10.6 Å². The van der Waals surface area contributed by atoms with Crippen LogP contribution in [0.1, 0.15) is 39.2 Å². The third-order valence-electron chi connectivity index (χ3n) is 6.33. The Balaban J connectivity index is 1.51. The first-order valence-electron chi connectivity index (χ1n) is 12.0. The Kier molecular flexibility index (Phi) is 7.31. The van der Waals surface area contributed by atoms with E-state index in [-0.39, 0.29) is 48.7 Å². The van der Waals surface area contributed by atoms with E-state index < -0.39 is 21.9 Å². The van der Waals surface area contributed by atoms with Crippen molar-refractivity contribution >= 4 is 38.3 Å². The fraction of sp³-hybridized carbons (Fsp3) is 0.333. The average Bonchev–Trinajstić information content (AvgIpc) is 3.05. The number of carbonyl (C=O) groups excluding carboxylic acids is 2. The molecule has 3 aromatic carbocycles. The smallest absolute Gasteiger partial charge is 0.265 e. The number of hydrogen-bond donors (Lipinski definition) is 1. The summed E-state index contributed by atoms with van der Waals surface area (Å²) in [6.45, 7) is 5.30. The maximum Gasteiger partial charge on any atom is 0.265 e. The van der Waals surface area contributed by atoms with Gasteiger partial charge in [-0.3, -0.25) is 13.9 Å². The second kappa shape index (κ2) is 10.3. The summed E-state index contributed by atoms with van der Waals surface area (Å²) in [6, 6.07) is 15.8. The molecule has 7 nitrogen and oxygen atoms in total. The van der Waals surface area contributed by atoms with Gasteiger partial charge >= 0.3 is 0 Å². The summed E-state index contributed by atoms with van der Waals surface area (Å²) in [6.07, 6.45) is 0.251. The largest absolute Gasteiger partial charge is 0.352 e. The van der Waals surface area contributed by atoms with E-state index in [1.807, 2.05) is 32.0 Å². The van der Waals surface area contributed by atoms with Crippen molar-refractivity contribution in [2.75, 3.05) is 10.8 Å². The lowest BCUT2D eigenvalue weighted by Gasteiger charge is -2.30. The molecule has 36 heavy (non-hydrogen) atoms. The zero-order chi connectivity index (χ0) is 26.0. The number of anilines is 1. The second-order valence-electron chi connectivity index (χ2n) is 9.26. The number of carbonyl (C=O) groups is 2. The Morgan fingerprint density at radius 2 is 1.69 bits per heavy atom. The van der Waals surface area contributed by atoms with Crippen LogP contribution in [0.5, 0.6) is 0 Å². The number of rotatable bonds is 9. The fourth-order valence-electron chi connectivity index (χ4n) is 4.51. The molecule has 190 valence electrons. The molecule has 1 N–H and O–H groups in total. The van der Waals surface area contributed by atoms with Crippen LogP contribution in [0.15, 0.2) is 65.6 Å². The van der Waals surface area contributed by atoms with Crippen LogP contribution in [0, 0.1) is 5.82 Å². The first-order valence-corrected chi connectivity index (χ1v) is 13.4. The molecule has 1 aliphatic rings. The van der Waals surface area contributed by atoms with Crippen LogP contribution < -0.4 is 9.62 Å². The van der Waals surface area contributed by atoms with E-state index in [1.54, 1.807) is 43.3 Å². The van der Waals surface area contributed by atoms with Crippen LogP contribution in [0.4, 0.5) is 10.1 Å². The predicted octanol–water partition coefficient (Wildman–Crippen LogP) is 4.21. The van der Waals surface area contributed by atoms with Gasteiger partial charge in [0.25, 0.3) is 10.0 Å². The topological polar surface area (TPSA) is 86.8 Å². The van der Waals surface area contributed by atoms with E-state index in [4.69, 9.17) is 0 Å². The summed E-state index contributed by atoms with van der Waals surface area (Å²) in [5.41, 5.74) is 0.905. The van der Waals surface area contributed by atoms with Crippen molar-refractivity contribution in [3.05, 3.63) is 72.0 Å². The normalized spacial score (nSPS) is 14.8. The Hall–Kier alpha value is -3.46. The Morgan fingerprint density at radius 1 is 1.00 bits per heavy atom. The molecule has 0 aliphatic carbocycles. The summed E-state index contributed by atoms with van der Waals surface area (Å²) in [4.78, 5) is 27.6. The van der Waals surface area contributed by atoms with Gasteiger partial charge in [-0.15, -0.1) is 0 Å². The fourth-order valence-corrected chi connectivity index (χ4v) is 6.26. The first kappa shape index (κ1) is 25.6. The van der Waals surface area contributed by atoms with Crippen LogP contribution in [0.2, 0.25) is 0 Å². The standard InChI is InChI=1S/C27H30FN3O4S/c1-18(2)29-27(33)19(3)30(17-21-9-4-5-12-22(21)28)25(32)15-8-16-31-23-13-6-10-20-11-7-14-24(26(20)23)36(31,34)35/h4-7,9-14,18-19H,8,15-17H2,1-3H3,(H,29,33)/t19-/m0/s1. The zero-order valence-electron chi connectivity index (χ0n) is 20.6. The molecule has 0 aromatic heterocycles. The van der Waals surface area contributed by atoms with Crippen molar-refractivity contribution in [2.45, 2.75) is 57.1 Å². The minimum atomic E-state index is -3.72. The third-order valence-corrected chi connectivity index (χ3v) is 8.19. The first-order chi connectivity index (χ1) is 17.1. The predicted molar refractivity (Wildman–Crippen MR) is 137 cm³/mol. The molecule has 1 heterocycles. The van der Waals surface area contributed by atoms with Gasteiger partial charge in [0, 0.05) is 36.5 Å². The van der Waals surface area contributed by atoms with Gasteiger partial charge in [-0.1, -0.05) is 42.5 Å². The lowest BCUT2D eigenvalue weighted by Crippen LogP contribution is -2.49. The molecule has 9 heteroatoms. The summed E-state index contributed by atoms with van der Waals surface area (Å²) in [5.74, 6) is -1.14. The number of amides is 2. The maximum atomic E-state index is 14.4. The molecular weight excluding hydrogens is 481 g/mol. The van der Waals surface area contributed by atoms with Crippen molar-refractivity contribution in [3.8, 4) is 0 Å². The Morgan fingerprint density at radius 3 is 2.39 bits per heavy atom. The van der Waals surface area contributed by atoms with Gasteiger partial charge in [0.2, 0.25) is 11.8 Å². The van der Waals surface area contributed by atoms with E-state index in [9.17, 15) is 22.4 Å². The number of nitrogens with one attached hydrogen (secondary N) is 1. The Bertz CT molecular complexity index is 1400. The maximum absolute atomic E-state index is 14.4. The zero-order valence-corrected chi connectivity index (χ0v) is 21.4. The molecule has 4 rings (SSSR count). The van der Waals surface area contributed by atoms with Crippen LogP contribution in [0.3, 0.4) is 0 Å². The van der Waals surface area contributed by atoms with Crippen LogP contribution >= 0.6 is 0 Å². The van der Waals surface area contributed by atoms with E-state index in [1.165, 1.54) is 15.3 Å². The van der Waals surface area contributed by atoms with Gasteiger partial charge in [-0.05, 0) is 50.8 Å². The minimum absolute atomic E-state index is 0.00604. The quantitative estimate of drug-likeness (QED) is 0.466. The number of hydrogen-bond acceptors (Lipinski definition) is 4. The van der Waals surface area contributed by atoms with Crippen LogP contribution in [0.25, 0.3) is 10.8 Å². The molecule has 0 bridgehead atoms. The van der Waals surface area contributed by atoms with E-state index in [2.05, 4.69) is 5.32 Å². The van der Waals surface area contributed by atoms with Crippen molar-refractivity contribution in [2.24, 2.45) is 0 Å². The monoisotopic (exact) mass is 511 g/mol. The molecule has 0 unspecified atom stereocenters. The highest BCUT2D eigenvalue weighted by Gasteiger charge is 2.35. The van der Waals surface area contributed by atoms with E-state index >= 15 is 0 Å². The minimum Gasteiger partial charge on any atom is -0.352 e. The molecule has 0 saturated carbocycles. The SMILES string of the molecule is CC(C)NC(=O)[C@H](C)N(Cc1ccccc1F)C(=O)CCCN1c2cccc3cccc(c23)S1(=O)=O. The lowest BCUT2D eigenvalue weighted by atomic mass is 10.1. The molecule has 1 aliphatic heterocycles. The molecule has 2 amide bonds. The molecule has 0 saturated heterocycles. The van der Waals surface area contributed by atoms with Gasteiger partial charge in [0.15, 0.2) is 0 Å². The van der Waals surface area contributed by atoms with Crippen molar-refractivity contribution < 1.29 is 22.4 Å². The molecular formula is C27H30FN3O4S. The van der Waals surface area contributed by atoms with Gasteiger partial charge in [0.1, 0.15) is 11.9 Å². The molecule has 0 fully saturated rings. The molecule has 3 aromatic rings. The highest BCUT2D eigenvalue weighted by Crippen LogP contribution is 2.42. The van der Waals surface area contributed by atoms with Gasteiger partial charge in [-0.2, -0.15) is 0 Å². The van der Waals surface area contributed by atoms with Gasteiger partial charge < -0.3 is 10.2 Å². The Labute approximate surface area is 210 Å². The number of benzene rings is 3. The van der Waals surface area contributed by atoms with Crippen molar-refractivity contribution in [1.29, 1.82) is 0 Å². The van der Waals surface area contributed by atoms with Crippen molar-refractivity contribution in [3.63, 3.8) is 0 Å². The van der Waals surface area contributed by atoms with E-state index in [0.717, 1.165) is 5.39 Å². The summed E-state index contributed by atoms with van der Waals surface area (Å²) >= 11 is 0. The molecule has 0 radical (unpaired) electrons. The summed E-state index contributed by atoms with van der Waals surface area (Å²) in [7, 11) is -3.72. The lowest BCUT2D eigenvalue weighted by molar-refractivity contribution is -0.140. The van der Waals surface area contributed by atoms with Crippen molar-refractivity contribution in [1.82, 2.24) is 10.2 Å². The number of halogens is 1. The molecule has 0 spiro atoms. The van der Waals surface area contributed by atoms with Gasteiger partial charge in [-0.25, -0.2) is 12.8 Å². The third kappa shape index (κ3) is 4.93. The van der Waals surface area contributed by atoms with E-state index in [0.29, 0.717) is 16.6 Å². The highest BCUT2D eigenvalue weighted by molar-refractivity contribution is 7.93. The van der Waals surface area contributed by atoms with Crippen LogP contribution in [-0.2, 0) is 26.2 Å². The number of nitrogens with zero attached hydrogens (tertiary/aromatic N) is 2. The highest BCUT2D eigenvalue weighted by atomic mass is 32.2. The number of sulfonamides is 1. The summed E-state index contributed by atoms with van der Waals surface area (Å²) in [5, 5.41) is 4.32. The summed E-state index contributed by atoms with van der Waals surface area (Å²) < 4.78 is 42.1. The molecule has 1 atom stereocenters.